The van der Waals surface area contributed by atoms with Gasteiger partial charge in [-0.25, -0.2) is 0 Å². The molecule has 0 fully saturated rings. The van der Waals surface area contributed by atoms with E-state index in [9.17, 15) is 5.11 Å². The zero-order chi connectivity index (χ0) is 13.0. The van der Waals surface area contributed by atoms with E-state index < -0.39 is 0 Å². The first-order chi connectivity index (χ1) is 7.99. The number of rotatable bonds is 5. The number of phenolic OH excluding ortho intramolecular Hbond substituents is 1. The van der Waals surface area contributed by atoms with Gasteiger partial charge in [0.05, 0.1) is 8.95 Å². The average Bonchev–Trinajstić information content (AvgIpc) is 2.26. The molecule has 1 atom stereocenters. The van der Waals surface area contributed by atoms with Gasteiger partial charge in [0.15, 0.2) is 0 Å². The fourth-order valence-corrected chi connectivity index (χ4v) is 4.30. The van der Waals surface area contributed by atoms with Crippen molar-refractivity contribution >= 4 is 60.2 Å². The molecule has 0 amide bonds. The van der Waals surface area contributed by atoms with Crippen LogP contribution < -0.4 is 11.5 Å². The SMILES string of the molecule is Cl.NCCCC[C@H](N)c1c(Br)cc(Br)c(O)c1Br. The van der Waals surface area contributed by atoms with Gasteiger partial charge in [-0.2, -0.15) is 0 Å². The van der Waals surface area contributed by atoms with Crippen molar-refractivity contribution in [2.75, 3.05) is 6.54 Å². The summed E-state index contributed by atoms with van der Waals surface area (Å²) in [5.41, 5.74) is 12.5. The normalized spacial score (nSPS) is 12.1. The van der Waals surface area contributed by atoms with E-state index in [1.54, 1.807) is 6.07 Å². The molecule has 0 spiro atoms. The summed E-state index contributed by atoms with van der Waals surface area (Å²) in [6.45, 7) is 0.681. The summed E-state index contributed by atoms with van der Waals surface area (Å²) in [4.78, 5) is 0. The van der Waals surface area contributed by atoms with Gasteiger partial charge in [0, 0.05) is 16.1 Å². The molecule has 1 aromatic rings. The molecule has 104 valence electrons. The maximum absolute atomic E-state index is 9.84. The number of nitrogens with two attached hydrogens (primary N) is 2. The van der Waals surface area contributed by atoms with Gasteiger partial charge in [-0.3, -0.25) is 0 Å². The van der Waals surface area contributed by atoms with Crippen molar-refractivity contribution in [2.45, 2.75) is 25.3 Å². The topological polar surface area (TPSA) is 72.3 Å². The molecule has 5 N–H and O–H groups in total. The number of benzene rings is 1. The van der Waals surface area contributed by atoms with Crippen molar-refractivity contribution in [3.63, 3.8) is 0 Å². The molecule has 0 saturated heterocycles. The standard InChI is InChI=1S/C11H15Br3N2O.ClH/c12-6-5-7(13)11(17)10(14)9(6)8(16)3-1-2-4-15;/h5,8,17H,1-4,15-16H2;1H/t8-;/m0./s1. The van der Waals surface area contributed by atoms with E-state index in [2.05, 4.69) is 47.8 Å². The number of halogens is 4. The van der Waals surface area contributed by atoms with Crippen molar-refractivity contribution in [3.05, 3.63) is 25.0 Å². The predicted molar refractivity (Wildman–Crippen MR) is 88.3 cm³/mol. The van der Waals surface area contributed by atoms with Crippen molar-refractivity contribution in [3.8, 4) is 5.75 Å². The van der Waals surface area contributed by atoms with Gasteiger partial charge in [-0.1, -0.05) is 22.4 Å². The van der Waals surface area contributed by atoms with Gasteiger partial charge in [0.25, 0.3) is 0 Å². The predicted octanol–water partition coefficient (Wildman–Crippen LogP) is 4.23. The van der Waals surface area contributed by atoms with Crippen LogP contribution in [-0.2, 0) is 0 Å². The fraction of sp³-hybridized carbons (Fsp3) is 0.455. The highest BCUT2D eigenvalue weighted by Gasteiger charge is 2.18. The Morgan fingerprint density at radius 3 is 2.33 bits per heavy atom. The lowest BCUT2D eigenvalue weighted by atomic mass is 10.0. The van der Waals surface area contributed by atoms with Crippen LogP contribution in [0.2, 0.25) is 0 Å². The number of phenols is 1. The molecular weight excluding hydrogens is 451 g/mol. The largest absolute Gasteiger partial charge is 0.506 e. The Morgan fingerprint density at radius 2 is 1.78 bits per heavy atom. The highest BCUT2D eigenvalue weighted by atomic mass is 79.9. The molecule has 3 nitrogen and oxygen atoms in total. The van der Waals surface area contributed by atoms with Crippen molar-refractivity contribution in [1.82, 2.24) is 0 Å². The van der Waals surface area contributed by atoms with Crippen LogP contribution in [0.15, 0.2) is 19.5 Å². The second kappa shape index (κ2) is 8.76. The van der Waals surface area contributed by atoms with E-state index in [0.717, 1.165) is 29.3 Å². The lowest BCUT2D eigenvalue weighted by Crippen LogP contribution is -2.12. The zero-order valence-corrected chi connectivity index (χ0v) is 15.2. The summed E-state index contributed by atoms with van der Waals surface area (Å²) in [5.74, 6) is 0.178. The Hall–Kier alpha value is 0.670. The monoisotopic (exact) mass is 464 g/mol. The summed E-state index contributed by atoms with van der Waals surface area (Å²) in [5, 5.41) is 9.84. The maximum Gasteiger partial charge on any atom is 0.144 e. The number of unbranched alkanes of at least 4 members (excludes halogenated alkanes) is 1. The molecule has 1 aromatic carbocycles. The minimum absolute atomic E-state index is 0. The molecule has 1 rings (SSSR count). The van der Waals surface area contributed by atoms with E-state index in [4.69, 9.17) is 11.5 Å². The fourth-order valence-electron chi connectivity index (χ4n) is 1.59. The van der Waals surface area contributed by atoms with Gasteiger partial charge in [0.1, 0.15) is 5.75 Å². The minimum atomic E-state index is -0.121. The summed E-state index contributed by atoms with van der Waals surface area (Å²) < 4.78 is 2.16. The molecule has 0 bridgehead atoms. The Kier molecular flexibility index (Phi) is 9.09. The van der Waals surface area contributed by atoms with Crippen LogP contribution in [0.1, 0.15) is 30.9 Å². The molecule has 0 radical (unpaired) electrons. The van der Waals surface area contributed by atoms with Crippen LogP contribution in [0, 0.1) is 0 Å². The Balaban J connectivity index is 0.00000289. The number of hydrogen-bond donors (Lipinski definition) is 3. The summed E-state index contributed by atoms with van der Waals surface area (Å²) in [6, 6.07) is 1.68. The van der Waals surface area contributed by atoms with Crippen molar-refractivity contribution < 1.29 is 5.11 Å². The summed E-state index contributed by atoms with van der Waals surface area (Å²) >= 11 is 10.1. The van der Waals surface area contributed by atoms with Gasteiger partial charge in [0.2, 0.25) is 0 Å². The first-order valence-corrected chi connectivity index (χ1v) is 7.69. The summed E-state index contributed by atoms with van der Waals surface area (Å²) in [6.07, 6.45) is 2.79. The Morgan fingerprint density at radius 1 is 1.17 bits per heavy atom. The highest BCUT2D eigenvalue weighted by molar-refractivity contribution is 9.11. The van der Waals surface area contributed by atoms with Crippen LogP contribution in [0.25, 0.3) is 0 Å². The highest BCUT2D eigenvalue weighted by Crippen LogP contribution is 2.42. The number of aromatic hydroxyl groups is 1. The molecule has 0 aliphatic heterocycles. The van der Waals surface area contributed by atoms with Gasteiger partial charge < -0.3 is 16.6 Å². The second-order valence-corrected chi connectivity index (χ2v) is 6.31. The van der Waals surface area contributed by atoms with E-state index in [1.807, 2.05) is 0 Å². The van der Waals surface area contributed by atoms with Crippen LogP contribution in [0.3, 0.4) is 0 Å². The molecule has 0 saturated carbocycles. The smallest absolute Gasteiger partial charge is 0.144 e. The Bertz CT molecular complexity index is 404. The van der Waals surface area contributed by atoms with Crippen LogP contribution in [0.4, 0.5) is 0 Å². The third kappa shape index (κ3) is 4.65. The molecule has 0 aromatic heterocycles. The van der Waals surface area contributed by atoms with Crippen LogP contribution in [-0.4, -0.2) is 11.7 Å². The molecule has 0 unspecified atom stereocenters. The third-order valence-electron chi connectivity index (χ3n) is 2.52. The molecule has 0 aliphatic rings. The number of hydrogen-bond acceptors (Lipinski definition) is 3. The van der Waals surface area contributed by atoms with E-state index in [-0.39, 0.29) is 24.2 Å². The summed E-state index contributed by atoms with van der Waals surface area (Å²) in [7, 11) is 0. The molecule has 7 heteroatoms. The second-order valence-electron chi connectivity index (χ2n) is 3.81. The van der Waals surface area contributed by atoms with Crippen molar-refractivity contribution in [1.29, 1.82) is 0 Å². The minimum Gasteiger partial charge on any atom is -0.506 e. The van der Waals surface area contributed by atoms with Crippen molar-refractivity contribution in [2.24, 2.45) is 11.5 Å². The van der Waals surface area contributed by atoms with Crippen LogP contribution >= 0.6 is 60.2 Å². The van der Waals surface area contributed by atoms with Gasteiger partial charge in [-0.15, -0.1) is 12.4 Å². The molecule has 18 heavy (non-hydrogen) atoms. The average molecular weight is 467 g/mol. The van der Waals surface area contributed by atoms with E-state index >= 15 is 0 Å². The molecular formula is C11H16Br3ClN2O. The zero-order valence-electron chi connectivity index (χ0n) is 9.63. The molecule has 0 aliphatic carbocycles. The van der Waals surface area contributed by atoms with E-state index in [1.165, 1.54) is 0 Å². The first kappa shape index (κ1) is 18.7. The van der Waals surface area contributed by atoms with Gasteiger partial charge >= 0.3 is 0 Å². The Labute approximate surface area is 138 Å². The van der Waals surface area contributed by atoms with Crippen LogP contribution in [0.5, 0.6) is 5.75 Å². The quantitative estimate of drug-likeness (QED) is 0.568. The lowest BCUT2D eigenvalue weighted by molar-refractivity contribution is 0.465. The lowest BCUT2D eigenvalue weighted by Gasteiger charge is -2.17. The van der Waals surface area contributed by atoms with Gasteiger partial charge in [-0.05, 0) is 57.3 Å². The maximum atomic E-state index is 9.84. The first-order valence-electron chi connectivity index (χ1n) is 5.31. The molecule has 0 heterocycles. The van der Waals surface area contributed by atoms with E-state index in [0.29, 0.717) is 15.5 Å². The third-order valence-corrected chi connectivity index (χ3v) is 4.58.